The fraction of sp³-hybridized carbons (Fsp3) is 0.238. The van der Waals surface area contributed by atoms with Crippen LogP contribution in [0.4, 0.5) is 0 Å². The van der Waals surface area contributed by atoms with Gasteiger partial charge in [-0.25, -0.2) is 0 Å². The van der Waals surface area contributed by atoms with E-state index in [-0.39, 0.29) is 6.04 Å². The molecule has 1 aliphatic carbocycles. The number of nitrogens with one attached hydrogen (secondary N) is 1. The molecule has 0 aliphatic heterocycles. The Morgan fingerprint density at radius 2 is 1.81 bits per heavy atom. The van der Waals surface area contributed by atoms with Crippen molar-refractivity contribution in [2.24, 2.45) is 0 Å². The maximum atomic E-state index is 12.8. The van der Waals surface area contributed by atoms with Gasteiger partial charge in [-0.15, -0.1) is 0 Å². The second-order valence-electron chi connectivity index (χ2n) is 6.77. The van der Waals surface area contributed by atoms with E-state index in [9.17, 15) is 9.59 Å². The minimum atomic E-state index is -0.509. The van der Waals surface area contributed by atoms with E-state index in [0.29, 0.717) is 17.1 Å². The van der Waals surface area contributed by atoms with Crippen LogP contribution in [0.1, 0.15) is 34.5 Å². The monoisotopic (exact) mass is 366 g/mol. The van der Waals surface area contributed by atoms with Crippen LogP contribution in [-0.4, -0.2) is 22.3 Å². The Labute approximate surface area is 156 Å². The average Bonchev–Trinajstić information content (AvgIpc) is 3.41. The van der Waals surface area contributed by atoms with Crippen molar-refractivity contribution in [2.75, 3.05) is 0 Å². The molecule has 0 bridgehead atoms. The molecule has 1 aromatic heterocycles. The first-order valence-corrected chi connectivity index (χ1v) is 9.10. The molecule has 1 N–H and O–H groups in total. The average molecular weight is 367 g/mol. The van der Waals surface area contributed by atoms with Gasteiger partial charge in [-0.3, -0.25) is 9.59 Å². The van der Waals surface area contributed by atoms with Crippen molar-refractivity contribution in [1.82, 2.24) is 9.88 Å². The minimum absolute atomic E-state index is 0.161. The van der Waals surface area contributed by atoms with Crippen LogP contribution >= 0.6 is 11.6 Å². The molecule has 1 fully saturated rings. The van der Waals surface area contributed by atoms with Gasteiger partial charge in [0.05, 0.1) is 5.56 Å². The Bertz CT molecular complexity index is 1000. The summed E-state index contributed by atoms with van der Waals surface area (Å²) >= 11 is 5.97. The van der Waals surface area contributed by atoms with E-state index in [4.69, 9.17) is 11.6 Å². The number of amides is 1. The van der Waals surface area contributed by atoms with E-state index in [2.05, 4.69) is 9.88 Å². The van der Waals surface area contributed by atoms with Gasteiger partial charge in [0, 0.05) is 34.2 Å². The molecule has 0 spiro atoms. The van der Waals surface area contributed by atoms with Gasteiger partial charge in [-0.1, -0.05) is 41.9 Å². The van der Waals surface area contributed by atoms with E-state index >= 15 is 0 Å². The van der Waals surface area contributed by atoms with Crippen molar-refractivity contribution in [3.05, 3.63) is 70.4 Å². The molecule has 26 heavy (non-hydrogen) atoms. The molecule has 1 aliphatic rings. The van der Waals surface area contributed by atoms with Crippen LogP contribution in [0.2, 0.25) is 5.02 Å². The highest BCUT2D eigenvalue weighted by Gasteiger charge is 2.30. The van der Waals surface area contributed by atoms with Crippen LogP contribution in [0.15, 0.2) is 48.5 Å². The number of carbonyl (C=O) groups is 2. The van der Waals surface area contributed by atoms with Crippen molar-refractivity contribution in [3.63, 3.8) is 0 Å². The first kappa shape index (κ1) is 16.9. The smallest absolute Gasteiger partial charge is 0.292 e. The number of para-hydroxylation sites is 1. The zero-order valence-corrected chi connectivity index (χ0v) is 15.2. The summed E-state index contributed by atoms with van der Waals surface area (Å²) in [6.45, 7) is 2.51. The molecule has 4 nitrogen and oxygen atoms in total. The molecule has 2 aromatic carbocycles. The van der Waals surface area contributed by atoms with Crippen molar-refractivity contribution in [2.45, 2.75) is 32.4 Å². The molecule has 3 aromatic rings. The summed E-state index contributed by atoms with van der Waals surface area (Å²) in [6.07, 6.45) is 1.91. The standard InChI is InChI=1S/C21H19ClN2O2/c1-13-19(20(25)21(26)23-16-10-11-16)17-4-2-3-5-18(17)24(13)12-14-6-8-15(22)9-7-14/h2-9,16H,10-12H2,1H3,(H,23,26). The molecule has 4 rings (SSSR count). The molecule has 0 saturated heterocycles. The molecule has 0 radical (unpaired) electrons. The molecule has 1 saturated carbocycles. The Hall–Kier alpha value is -2.59. The van der Waals surface area contributed by atoms with E-state index in [1.807, 2.05) is 55.5 Å². The molecule has 1 amide bonds. The second kappa shape index (κ2) is 6.61. The van der Waals surface area contributed by atoms with Crippen LogP contribution < -0.4 is 5.32 Å². The number of hydrogen-bond acceptors (Lipinski definition) is 2. The second-order valence-corrected chi connectivity index (χ2v) is 7.20. The molecule has 1 heterocycles. The van der Waals surface area contributed by atoms with Crippen LogP contribution in [0.5, 0.6) is 0 Å². The van der Waals surface area contributed by atoms with E-state index in [1.54, 1.807) is 0 Å². The van der Waals surface area contributed by atoms with Gasteiger partial charge in [0.25, 0.3) is 11.7 Å². The molecular formula is C21H19ClN2O2. The predicted octanol–water partition coefficient (Wildman–Crippen LogP) is 4.11. The van der Waals surface area contributed by atoms with Gasteiger partial charge in [-0.05, 0) is 43.5 Å². The van der Waals surface area contributed by atoms with Crippen molar-refractivity contribution in [3.8, 4) is 0 Å². The summed E-state index contributed by atoms with van der Waals surface area (Å²) in [4.78, 5) is 25.1. The van der Waals surface area contributed by atoms with E-state index in [1.165, 1.54) is 0 Å². The number of carbonyl (C=O) groups excluding carboxylic acids is 2. The molecular weight excluding hydrogens is 348 g/mol. The maximum Gasteiger partial charge on any atom is 0.292 e. The summed E-state index contributed by atoms with van der Waals surface area (Å²) in [5, 5.41) is 4.30. The SMILES string of the molecule is Cc1c(C(=O)C(=O)NC2CC2)c2ccccc2n1Cc1ccc(Cl)cc1. The Morgan fingerprint density at radius 3 is 2.50 bits per heavy atom. The topological polar surface area (TPSA) is 51.1 Å². The Morgan fingerprint density at radius 1 is 1.12 bits per heavy atom. The maximum absolute atomic E-state index is 12.8. The summed E-state index contributed by atoms with van der Waals surface area (Å²) in [6, 6.07) is 15.5. The van der Waals surface area contributed by atoms with Crippen LogP contribution in [0.3, 0.4) is 0 Å². The lowest BCUT2D eigenvalue weighted by Crippen LogP contribution is -2.33. The summed E-state index contributed by atoms with van der Waals surface area (Å²) in [7, 11) is 0. The van der Waals surface area contributed by atoms with Crippen molar-refractivity contribution < 1.29 is 9.59 Å². The lowest BCUT2D eigenvalue weighted by Gasteiger charge is -2.09. The number of halogens is 1. The third-order valence-electron chi connectivity index (χ3n) is 4.83. The number of hydrogen-bond donors (Lipinski definition) is 1. The van der Waals surface area contributed by atoms with E-state index in [0.717, 1.165) is 35.0 Å². The van der Waals surface area contributed by atoms with Crippen molar-refractivity contribution >= 4 is 34.2 Å². The highest BCUT2D eigenvalue weighted by atomic mass is 35.5. The number of benzene rings is 2. The number of Topliss-reactive ketones (excluding diaryl/α,β-unsaturated/α-hetero) is 1. The number of nitrogens with zero attached hydrogens (tertiary/aromatic N) is 1. The van der Waals surface area contributed by atoms with Crippen molar-refractivity contribution in [1.29, 1.82) is 0 Å². The summed E-state index contributed by atoms with van der Waals surface area (Å²) in [5.74, 6) is -0.967. The summed E-state index contributed by atoms with van der Waals surface area (Å²) in [5.41, 5.74) is 3.33. The number of fused-ring (bicyclic) bond motifs is 1. The van der Waals surface area contributed by atoms with Crippen LogP contribution in [0, 0.1) is 6.92 Å². The zero-order chi connectivity index (χ0) is 18.3. The lowest BCUT2D eigenvalue weighted by atomic mass is 10.1. The van der Waals surface area contributed by atoms with Crippen LogP contribution in [-0.2, 0) is 11.3 Å². The molecule has 0 unspecified atom stereocenters. The Kier molecular flexibility index (Phi) is 4.29. The van der Waals surface area contributed by atoms with Gasteiger partial charge in [0.15, 0.2) is 0 Å². The highest BCUT2D eigenvalue weighted by Crippen LogP contribution is 2.28. The first-order valence-electron chi connectivity index (χ1n) is 8.72. The third-order valence-corrected chi connectivity index (χ3v) is 5.08. The minimum Gasteiger partial charge on any atom is -0.346 e. The number of aromatic nitrogens is 1. The first-order chi connectivity index (χ1) is 12.5. The quantitative estimate of drug-likeness (QED) is 0.545. The normalized spacial score (nSPS) is 13.8. The molecule has 5 heteroatoms. The lowest BCUT2D eigenvalue weighted by molar-refractivity contribution is -0.117. The molecule has 132 valence electrons. The van der Waals surface area contributed by atoms with Crippen LogP contribution in [0.25, 0.3) is 10.9 Å². The predicted molar refractivity (Wildman–Crippen MR) is 103 cm³/mol. The number of rotatable bonds is 5. The van der Waals surface area contributed by atoms with Gasteiger partial charge in [-0.2, -0.15) is 0 Å². The molecule has 0 atom stereocenters. The third kappa shape index (κ3) is 3.13. The number of ketones is 1. The largest absolute Gasteiger partial charge is 0.346 e. The summed E-state index contributed by atoms with van der Waals surface area (Å²) < 4.78 is 2.08. The Balaban J connectivity index is 1.76. The fourth-order valence-corrected chi connectivity index (χ4v) is 3.41. The van der Waals surface area contributed by atoms with Gasteiger partial charge < -0.3 is 9.88 Å². The van der Waals surface area contributed by atoms with Gasteiger partial charge in [0.1, 0.15) is 0 Å². The van der Waals surface area contributed by atoms with E-state index < -0.39 is 11.7 Å². The highest BCUT2D eigenvalue weighted by molar-refractivity contribution is 6.45. The fourth-order valence-electron chi connectivity index (χ4n) is 3.29. The zero-order valence-electron chi connectivity index (χ0n) is 14.5. The van der Waals surface area contributed by atoms with Gasteiger partial charge in [0.2, 0.25) is 0 Å². The van der Waals surface area contributed by atoms with Gasteiger partial charge >= 0.3 is 0 Å².